The Labute approximate surface area is 170 Å². The van der Waals surface area contributed by atoms with Crippen LogP contribution < -0.4 is 5.32 Å². The minimum atomic E-state index is -3.78. The molecule has 2 unspecified atom stereocenters. The van der Waals surface area contributed by atoms with Gasteiger partial charge in [-0.05, 0) is 61.2 Å². The molecule has 2 aliphatic heterocycles. The van der Waals surface area contributed by atoms with Gasteiger partial charge in [-0.3, -0.25) is 0 Å². The zero-order chi connectivity index (χ0) is 18.9. The zero-order valence-corrected chi connectivity index (χ0v) is 17.3. The number of sulfone groups is 1. The summed E-state index contributed by atoms with van der Waals surface area (Å²) < 4.78 is 42.1. The lowest BCUT2D eigenvalue weighted by molar-refractivity contribution is 0.503. The Kier molecular flexibility index (Phi) is 4.56. The largest absolute Gasteiger partial charge is 0.347 e. The highest BCUT2D eigenvalue weighted by Gasteiger charge is 2.36. The molecule has 3 aromatic rings. The van der Waals surface area contributed by atoms with Gasteiger partial charge in [0.25, 0.3) is 0 Å². The van der Waals surface area contributed by atoms with Gasteiger partial charge in [0.1, 0.15) is 5.82 Å². The van der Waals surface area contributed by atoms with E-state index in [2.05, 4.69) is 16.9 Å². The molecule has 2 atom stereocenters. The summed E-state index contributed by atoms with van der Waals surface area (Å²) in [6.07, 6.45) is 3.21. The molecule has 1 saturated heterocycles. The van der Waals surface area contributed by atoms with Crippen LogP contribution in [0.15, 0.2) is 46.2 Å². The molecule has 2 aromatic carbocycles. The van der Waals surface area contributed by atoms with E-state index in [1.807, 2.05) is 6.92 Å². The fourth-order valence-electron chi connectivity index (χ4n) is 4.87. The minimum Gasteiger partial charge on any atom is -0.347 e. The first-order chi connectivity index (χ1) is 12.9. The second kappa shape index (κ2) is 6.58. The van der Waals surface area contributed by atoms with Crippen LogP contribution in [-0.4, -0.2) is 19.0 Å². The number of aryl methyl sites for hydroxylation is 2. The molecule has 1 N–H and O–H groups in total. The summed E-state index contributed by atoms with van der Waals surface area (Å²) in [6.45, 7) is 1.95. The Morgan fingerprint density at radius 1 is 1.14 bits per heavy atom. The lowest BCUT2D eigenvalue weighted by Gasteiger charge is -2.23. The third kappa shape index (κ3) is 2.70. The van der Waals surface area contributed by atoms with E-state index in [4.69, 9.17) is 0 Å². The van der Waals surface area contributed by atoms with Gasteiger partial charge in [0.15, 0.2) is 0 Å². The number of nitrogens with one attached hydrogen (secondary N) is 1. The molecule has 1 aromatic heterocycles. The number of nitrogens with zero attached hydrogens (tertiary/aromatic N) is 1. The average molecular weight is 421 g/mol. The second-order valence-electron chi connectivity index (χ2n) is 7.71. The molecule has 0 amide bonds. The van der Waals surface area contributed by atoms with Crippen molar-refractivity contribution in [1.29, 1.82) is 0 Å². The fraction of sp³-hybridized carbons (Fsp3) is 0.333. The predicted octanol–water partition coefficient (Wildman–Crippen LogP) is 4.23. The van der Waals surface area contributed by atoms with Crippen LogP contribution in [0.4, 0.5) is 4.39 Å². The number of aromatic nitrogens is 1. The van der Waals surface area contributed by atoms with E-state index < -0.39 is 15.7 Å². The number of hydrogen-bond acceptors (Lipinski definition) is 3. The van der Waals surface area contributed by atoms with E-state index in [9.17, 15) is 12.8 Å². The van der Waals surface area contributed by atoms with E-state index in [1.165, 1.54) is 29.5 Å². The SMILES string of the molecule is Cc1cc(S(=O)(=O)c2cccc(F)c2)cc2c3c(n(C)c12)CC1CCC3N1.Cl. The number of hydrogen-bond donors (Lipinski definition) is 1. The van der Waals surface area contributed by atoms with Crippen molar-refractivity contribution in [3.8, 4) is 0 Å². The maximum atomic E-state index is 13.6. The molecule has 148 valence electrons. The Morgan fingerprint density at radius 2 is 1.93 bits per heavy atom. The summed E-state index contributed by atoms with van der Waals surface area (Å²) in [7, 11) is -1.71. The molecule has 0 aliphatic carbocycles. The van der Waals surface area contributed by atoms with E-state index in [1.54, 1.807) is 12.1 Å². The summed E-state index contributed by atoms with van der Waals surface area (Å²) >= 11 is 0. The maximum Gasteiger partial charge on any atom is 0.206 e. The molecule has 0 spiro atoms. The van der Waals surface area contributed by atoms with Crippen molar-refractivity contribution >= 4 is 33.1 Å². The van der Waals surface area contributed by atoms with Gasteiger partial charge in [0.2, 0.25) is 9.84 Å². The van der Waals surface area contributed by atoms with Gasteiger partial charge < -0.3 is 9.88 Å². The minimum absolute atomic E-state index is 0. The summed E-state index contributed by atoms with van der Waals surface area (Å²) in [5.41, 5.74) is 4.56. The first-order valence-electron chi connectivity index (χ1n) is 9.25. The van der Waals surface area contributed by atoms with Crippen LogP contribution in [-0.2, 0) is 23.3 Å². The summed E-state index contributed by atoms with van der Waals surface area (Å²) in [5, 5.41) is 4.66. The van der Waals surface area contributed by atoms with Crippen LogP contribution in [0, 0.1) is 12.7 Å². The Hall–Kier alpha value is -1.89. The lowest BCUT2D eigenvalue weighted by atomic mass is 9.98. The zero-order valence-electron chi connectivity index (χ0n) is 15.7. The first kappa shape index (κ1) is 19.4. The maximum absolute atomic E-state index is 13.6. The van der Waals surface area contributed by atoms with Crippen molar-refractivity contribution in [2.75, 3.05) is 0 Å². The molecular formula is C21H22ClFN2O2S. The van der Waals surface area contributed by atoms with Gasteiger partial charge in [0.05, 0.1) is 15.3 Å². The summed E-state index contributed by atoms with van der Waals surface area (Å²) in [5.74, 6) is -0.549. The predicted molar refractivity (Wildman–Crippen MR) is 109 cm³/mol. The second-order valence-corrected chi connectivity index (χ2v) is 9.66. The smallest absolute Gasteiger partial charge is 0.206 e. The van der Waals surface area contributed by atoms with Gasteiger partial charge in [-0.25, -0.2) is 12.8 Å². The summed E-state index contributed by atoms with van der Waals surface area (Å²) in [6, 6.07) is 9.50. The van der Waals surface area contributed by atoms with Crippen molar-refractivity contribution in [2.24, 2.45) is 7.05 Å². The van der Waals surface area contributed by atoms with Crippen LogP contribution in [0.3, 0.4) is 0 Å². The molecule has 5 rings (SSSR count). The van der Waals surface area contributed by atoms with Crippen LogP contribution in [0.25, 0.3) is 10.9 Å². The molecule has 0 radical (unpaired) electrons. The Balaban J connectivity index is 0.00000192. The van der Waals surface area contributed by atoms with Gasteiger partial charge >= 0.3 is 0 Å². The number of rotatable bonds is 2. The van der Waals surface area contributed by atoms with E-state index in [0.717, 1.165) is 41.8 Å². The molecule has 2 bridgehead atoms. The van der Waals surface area contributed by atoms with Crippen LogP contribution in [0.5, 0.6) is 0 Å². The van der Waals surface area contributed by atoms with Crippen molar-refractivity contribution in [2.45, 2.75) is 48.1 Å². The molecule has 7 heteroatoms. The molecular weight excluding hydrogens is 399 g/mol. The van der Waals surface area contributed by atoms with Crippen molar-refractivity contribution in [3.05, 3.63) is 59.0 Å². The average Bonchev–Trinajstić information content (AvgIpc) is 3.14. The highest BCUT2D eigenvalue weighted by atomic mass is 35.5. The molecule has 4 nitrogen and oxygen atoms in total. The van der Waals surface area contributed by atoms with Crippen LogP contribution >= 0.6 is 12.4 Å². The van der Waals surface area contributed by atoms with Gasteiger partial charge in [-0.2, -0.15) is 0 Å². The van der Waals surface area contributed by atoms with E-state index >= 15 is 0 Å². The van der Waals surface area contributed by atoms with Crippen LogP contribution in [0.2, 0.25) is 0 Å². The fourth-order valence-corrected chi connectivity index (χ4v) is 6.27. The van der Waals surface area contributed by atoms with Crippen molar-refractivity contribution in [3.63, 3.8) is 0 Å². The van der Waals surface area contributed by atoms with Gasteiger partial charge in [0, 0.05) is 36.6 Å². The van der Waals surface area contributed by atoms with Crippen molar-refractivity contribution in [1.82, 2.24) is 9.88 Å². The standard InChI is InChI=1S/C21H21FN2O2S.ClH/c1-12-8-16(27(25,26)15-5-3-4-13(22)9-15)11-17-20-18-7-6-14(23-18)10-19(20)24(2)21(12)17;/h3-5,8-9,11,14,18,23H,6-7,10H2,1-2H3;1H. The first-order valence-corrected chi connectivity index (χ1v) is 10.7. The third-order valence-corrected chi connectivity index (χ3v) is 7.79. The molecule has 2 aliphatic rings. The topological polar surface area (TPSA) is 51.1 Å². The molecule has 3 heterocycles. The number of fused-ring (bicyclic) bond motifs is 6. The Morgan fingerprint density at radius 3 is 2.68 bits per heavy atom. The lowest BCUT2D eigenvalue weighted by Crippen LogP contribution is -2.32. The van der Waals surface area contributed by atoms with Crippen molar-refractivity contribution < 1.29 is 12.8 Å². The monoisotopic (exact) mass is 420 g/mol. The highest BCUT2D eigenvalue weighted by molar-refractivity contribution is 7.91. The van der Waals surface area contributed by atoms with E-state index in [0.29, 0.717) is 6.04 Å². The third-order valence-electron chi connectivity index (χ3n) is 6.06. The van der Waals surface area contributed by atoms with Gasteiger partial charge in [-0.15, -0.1) is 12.4 Å². The summed E-state index contributed by atoms with van der Waals surface area (Å²) in [4.78, 5) is 0.219. The number of halogens is 2. The molecule has 28 heavy (non-hydrogen) atoms. The van der Waals surface area contributed by atoms with Gasteiger partial charge in [-0.1, -0.05) is 6.07 Å². The number of benzene rings is 2. The Bertz CT molecular complexity index is 1200. The normalized spacial score (nSPS) is 20.8. The molecule has 1 fully saturated rings. The molecule has 0 saturated carbocycles. The van der Waals surface area contributed by atoms with E-state index in [-0.39, 0.29) is 28.2 Å². The quantitative estimate of drug-likeness (QED) is 0.675. The van der Waals surface area contributed by atoms with Crippen LogP contribution in [0.1, 0.15) is 35.7 Å². The highest BCUT2D eigenvalue weighted by Crippen LogP contribution is 2.43.